The molecule has 1 unspecified atom stereocenters. The zero-order valence-electron chi connectivity index (χ0n) is 11.3. The minimum atomic E-state index is -0.763. The van der Waals surface area contributed by atoms with Crippen LogP contribution in [0.2, 0.25) is 0 Å². The van der Waals surface area contributed by atoms with E-state index in [1.54, 1.807) is 19.1 Å². The molecule has 0 fully saturated rings. The highest BCUT2D eigenvalue weighted by Crippen LogP contribution is 2.26. The second-order valence-electron chi connectivity index (χ2n) is 4.50. The minimum absolute atomic E-state index is 0.00502. The molecule has 0 spiro atoms. The number of ether oxygens (including phenoxy) is 2. The van der Waals surface area contributed by atoms with Gasteiger partial charge < -0.3 is 14.6 Å². The van der Waals surface area contributed by atoms with Crippen LogP contribution in [0, 0.1) is 17.0 Å². The first kappa shape index (κ1) is 15.4. The Hall–Kier alpha value is -1.66. The molecule has 106 valence electrons. The smallest absolute Gasteiger partial charge is 0.276 e. The summed E-state index contributed by atoms with van der Waals surface area (Å²) in [5.74, 6) is 0.401. The Kier molecular flexibility index (Phi) is 5.72. The van der Waals surface area contributed by atoms with Crippen LogP contribution < -0.4 is 4.74 Å². The van der Waals surface area contributed by atoms with E-state index in [1.807, 2.05) is 13.8 Å². The van der Waals surface area contributed by atoms with Gasteiger partial charge in [-0.05, 0) is 26.8 Å². The third-order valence-corrected chi connectivity index (χ3v) is 2.51. The second kappa shape index (κ2) is 7.06. The first-order valence-corrected chi connectivity index (χ1v) is 6.08. The number of hydrogen-bond donors (Lipinski definition) is 1. The molecule has 1 aromatic rings. The maximum atomic E-state index is 10.8. The van der Waals surface area contributed by atoms with E-state index in [4.69, 9.17) is 9.47 Å². The SMILES string of the molecule is Cc1c(OCC(O)COC(C)C)cccc1[N+](=O)[O-]. The molecule has 0 aliphatic rings. The highest BCUT2D eigenvalue weighted by atomic mass is 16.6. The number of hydrogen-bond acceptors (Lipinski definition) is 5. The third-order valence-electron chi connectivity index (χ3n) is 2.51. The summed E-state index contributed by atoms with van der Waals surface area (Å²) < 4.78 is 10.6. The van der Waals surface area contributed by atoms with Crippen molar-refractivity contribution in [1.29, 1.82) is 0 Å². The number of aliphatic hydroxyl groups excluding tert-OH is 1. The van der Waals surface area contributed by atoms with Gasteiger partial charge in [-0.15, -0.1) is 0 Å². The zero-order chi connectivity index (χ0) is 14.4. The van der Waals surface area contributed by atoms with Crippen LogP contribution in [0.3, 0.4) is 0 Å². The quantitative estimate of drug-likeness (QED) is 0.605. The molecule has 0 aliphatic heterocycles. The van der Waals surface area contributed by atoms with Crippen LogP contribution in [0.5, 0.6) is 5.75 Å². The van der Waals surface area contributed by atoms with Crippen LogP contribution in [0.15, 0.2) is 18.2 Å². The first-order valence-electron chi connectivity index (χ1n) is 6.08. The Bertz CT molecular complexity index is 433. The van der Waals surface area contributed by atoms with Gasteiger partial charge >= 0.3 is 0 Å². The molecule has 0 heterocycles. The van der Waals surface area contributed by atoms with E-state index in [0.29, 0.717) is 11.3 Å². The zero-order valence-corrected chi connectivity index (χ0v) is 11.3. The average molecular weight is 269 g/mol. The normalized spacial score (nSPS) is 12.5. The summed E-state index contributed by atoms with van der Waals surface area (Å²) in [6.45, 7) is 5.57. The molecule has 0 saturated heterocycles. The van der Waals surface area contributed by atoms with Gasteiger partial charge in [0.15, 0.2) is 0 Å². The second-order valence-corrected chi connectivity index (χ2v) is 4.50. The van der Waals surface area contributed by atoms with Gasteiger partial charge in [0.25, 0.3) is 5.69 Å². The third kappa shape index (κ3) is 4.84. The fourth-order valence-corrected chi connectivity index (χ4v) is 1.49. The molecular formula is C13H19NO5. The lowest BCUT2D eigenvalue weighted by Gasteiger charge is -2.15. The maximum absolute atomic E-state index is 10.8. The average Bonchev–Trinajstić information content (AvgIpc) is 2.34. The highest BCUT2D eigenvalue weighted by molar-refractivity contribution is 5.48. The van der Waals surface area contributed by atoms with E-state index in [9.17, 15) is 15.2 Å². The summed E-state index contributed by atoms with van der Waals surface area (Å²) in [7, 11) is 0. The fourth-order valence-electron chi connectivity index (χ4n) is 1.49. The number of aliphatic hydroxyl groups is 1. The van der Waals surface area contributed by atoms with Crippen molar-refractivity contribution in [2.45, 2.75) is 33.0 Å². The molecule has 6 nitrogen and oxygen atoms in total. The molecular weight excluding hydrogens is 250 g/mol. The number of benzene rings is 1. The van der Waals surface area contributed by atoms with Crippen molar-refractivity contribution in [3.8, 4) is 5.75 Å². The predicted octanol–water partition coefficient (Wildman–Crippen LogP) is 2.07. The van der Waals surface area contributed by atoms with Crippen LogP contribution in [0.4, 0.5) is 5.69 Å². The number of nitro groups is 1. The Morgan fingerprint density at radius 3 is 2.63 bits per heavy atom. The Balaban J connectivity index is 2.58. The van der Waals surface area contributed by atoms with Crippen LogP contribution in [-0.4, -0.2) is 35.5 Å². The maximum Gasteiger partial charge on any atom is 0.276 e. The van der Waals surface area contributed by atoms with E-state index in [2.05, 4.69) is 0 Å². The summed E-state index contributed by atoms with van der Waals surface area (Å²) >= 11 is 0. The van der Waals surface area contributed by atoms with Gasteiger partial charge in [0.2, 0.25) is 0 Å². The van der Waals surface area contributed by atoms with Crippen molar-refractivity contribution < 1.29 is 19.5 Å². The molecule has 1 atom stereocenters. The van der Waals surface area contributed by atoms with E-state index < -0.39 is 11.0 Å². The van der Waals surface area contributed by atoms with Crippen LogP contribution >= 0.6 is 0 Å². The summed E-state index contributed by atoms with van der Waals surface area (Å²) in [5, 5.41) is 20.4. The summed E-state index contributed by atoms with van der Waals surface area (Å²) in [6.07, 6.45) is -0.727. The molecule has 0 bridgehead atoms. The van der Waals surface area contributed by atoms with Gasteiger partial charge in [0.05, 0.1) is 23.2 Å². The summed E-state index contributed by atoms with van der Waals surface area (Å²) in [5.41, 5.74) is 0.454. The summed E-state index contributed by atoms with van der Waals surface area (Å²) in [4.78, 5) is 10.3. The molecule has 1 N–H and O–H groups in total. The first-order chi connectivity index (χ1) is 8.91. The number of rotatable bonds is 7. The van der Waals surface area contributed by atoms with Crippen LogP contribution in [0.25, 0.3) is 0 Å². The van der Waals surface area contributed by atoms with Gasteiger partial charge in [0.1, 0.15) is 18.5 Å². The van der Waals surface area contributed by atoms with E-state index in [0.717, 1.165) is 0 Å². The lowest BCUT2D eigenvalue weighted by Crippen LogP contribution is -2.25. The highest BCUT2D eigenvalue weighted by Gasteiger charge is 2.15. The molecule has 0 aliphatic carbocycles. The van der Waals surface area contributed by atoms with Crippen molar-refractivity contribution in [1.82, 2.24) is 0 Å². The number of nitrogens with zero attached hydrogens (tertiary/aromatic N) is 1. The predicted molar refractivity (Wildman–Crippen MR) is 70.4 cm³/mol. The lowest BCUT2D eigenvalue weighted by molar-refractivity contribution is -0.385. The van der Waals surface area contributed by atoms with Crippen LogP contribution in [0.1, 0.15) is 19.4 Å². The molecule has 6 heteroatoms. The molecule has 1 rings (SSSR count). The standard InChI is InChI=1S/C13H19NO5/c1-9(2)18-7-11(15)8-19-13-6-4-5-12(10(13)3)14(16)17/h4-6,9,11,15H,7-8H2,1-3H3. The lowest BCUT2D eigenvalue weighted by atomic mass is 10.2. The van der Waals surface area contributed by atoms with Crippen molar-refractivity contribution in [2.75, 3.05) is 13.2 Å². The van der Waals surface area contributed by atoms with Gasteiger partial charge in [-0.1, -0.05) is 6.07 Å². The van der Waals surface area contributed by atoms with Crippen LogP contribution in [-0.2, 0) is 4.74 Å². The molecule has 0 amide bonds. The Labute approximate surface area is 112 Å². The van der Waals surface area contributed by atoms with Gasteiger partial charge in [0, 0.05) is 6.07 Å². The molecule has 0 radical (unpaired) electrons. The van der Waals surface area contributed by atoms with Gasteiger partial charge in [-0.25, -0.2) is 0 Å². The van der Waals surface area contributed by atoms with E-state index in [-0.39, 0.29) is 25.0 Å². The Morgan fingerprint density at radius 2 is 2.05 bits per heavy atom. The monoisotopic (exact) mass is 269 g/mol. The van der Waals surface area contributed by atoms with Crippen molar-refractivity contribution in [3.63, 3.8) is 0 Å². The minimum Gasteiger partial charge on any atom is -0.490 e. The molecule has 19 heavy (non-hydrogen) atoms. The van der Waals surface area contributed by atoms with Gasteiger partial charge in [-0.2, -0.15) is 0 Å². The largest absolute Gasteiger partial charge is 0.490 e. The van der Waals surface area contributed by atoms with E-state index >= 15 is 0 Å². The molecule has 1 aromatic carbocycles. The van der Waals surface area contributed by atoms with Crippen molar-refractivity contribution >= 4 is 5.69 Å². The fraction of sp³-hybridized carbons (Fsp3) is 0.538. The number of nitro benzene ring substituents is 1. The van der Waals surface area contributed by atoms with Crippen molar-refractivity contribution in [3.05, 3.63) is 33.9 Å². The van der Waals surface area contributed by atoms with Crippen molar-refractivity contribution in [2.24, 2.45) is 0 Å². The Morgan fingerprint density at radius 1 is 1.37 bits per heavy atom. The van der Waals surface area contributed by atoms with Gasteiger partial charge in [-0.3, -0.25) is 10.1 Å². The van der Waals surface area contributed by atoms with E-state index in [1.165, 1.54) is 6.07 Å². The topological polar surface area (TPSA) is 81.8 Å². The summed E-state index contributed by atoms with van der Waals surface area (Å²) in [6, 6.07) is 4.61. The molecule has 0 aromatic heterocycles. The molecule has 0 saturated carbocycles.